The zero-order valence-electron chi connectivity index (χ0n) is 22.1. The lowest BCUT2D eigenvalue weighted by atomic mass is 10.1. The van der Waals surface area contributed by atoms with Gasteiger partial charge in [-0.15, -0.1) is 0 Å². The zero-order chi connectivity index (χ0) is 27.7. The van der Waals surface area contributed by atoms with Crippen LogP contribution < -0.4 is 33.7 Å². The second-order valence-corrected chi connectivity index (χ2v) is 8.64. The number of benzene rings is 3. The Morgan fingerprint density at radius 1 is 0.684 bits per heavy atom. The number of rotatable bonds is 12. The number of ether oxygens (including phenoxy) is 6. The standard InChI is InChI=1S/C29H30BrNO7/c1-33-24-10-9-20(17-25(24)34-2)23(32)11-12-31-22-14-18(13-21(30)28(22)37-5)7-8-19-15-26(35-3)29(38-6)27(16-19)36-4/h7-17,31H,1-6H3/b8-7-,12-11-. The molecule has 0 saturated heterocycles. The monoisotopic (exact) mass is 583 g/mol. The van der Waals surface area contributed by atoms with Crippen LogP contribution in [0, 0.1) is 0 Å². The third-order valence-electron chi connectivity index (χ3n) is 5.57. The summed E-state index contributed by atoms with van der Waals surface area (Å²) >= 11 is 3.56. The average Bonchev–Trinajstić information content (AvgIpc) is 2.94. The molecule has 0 heterocycles. The van der Waals surface area contributed by atoms with E-state index in [1.54, 1.807) is 59.9 Å². The summed E-state index contributed by atoms with van der Waals surface area (Å²) in [6.07, 6.45) is 6.87. The first-order chi connectivity index (χ1) is 18.4. The van der Waals surface area contributed by atoms with Gasteiger partial charge in [-0.2, -0.15) is 0 Å². The fraction of sp³-hybridized carbons (Fsp3) is 0.207. The van der Waals surface area contributed by atoms with E-state index in [0.29, 0.717) is 45.7 Å². The van der Waals surface area contributed by atoms with Crippen molar-refractivity contribution in [3.63, 3.8) is 0 Å². The van der Waals surface area contributed by atoms with E-state index in [9.17, 15) is 4.79 Å². The van der Waals surface area contributed by atoms with Crippen molar-refractivity contribution >= 4 is 39.6 Å². The van der Waals surface area contributed by atoms with Crippen LogP contribution in [0.25, 0.3) is 12.2 Å². The van der Waals surface area contributed by atoms with Crippen molar-refractivity contribution in [3.8, 4) is 34.5 Å². The summed E-state index contributed by atoms with van der Waals surface area (Å²) < 4.78 is 33.1. The smallest absolute Gasteiger partial charge is 0.203 e. The van der Waals surface area contributed by atoms with E-state index >= 15 is 0 Å². The van der Waals surface area contributed by atoms with Crippen molar-refractivity contribution in [1.82, 2.24) is 0 Å². The molecular weight excluding hydrogens is 554 g/mol. The Kier molecular flexibility index (Phi) is 10.1. The lowest BCUT2D eigenvalue weighted by Gasteiger charge is -2.13. The molecule has 38 heavy (non-hydrogen) atoms. The molecule has 0 radical (unpaired) electrons. The largest absolute Gasteiger partial charge is 0.493 e. The van der Waals surface area contributed by atoms with E-state index in [4.69, 9.17) is 28.4 Å². The minimum Gasteiger partial charge on any atom is -0.493 e. The van der Waals surface area contributed by atoms with Gasteiger partial charge in [0.05, 0.1) is 52.8 Å². The van der Waals surface area contributed by atoms with E-state index < -0.39 is 0 Å². The minimum atomic E-state index is -0.199. The maximum Gasteiger partial charge on any atom is 0.203 e. The predicted molar refractivity (Wildman–Crippen MR) is 152 cm³/mol. The van der Waals surface area contributed by atoms with E-state index in [1.807, 2.05) is 36.4 Å². The van der Waals surface area contributed by atoms with Gasteiger partial charge in [0.1, 0.15) is 0 Å². The first-order valence-corrected chi connectivity index (χ1v) is 12.2. The van der Waals surface area contributed by atoms with E-state index in [1.165, 1.54) is 13.2 Å². The molecule has 8 nitrogen and oxygen atoms in total. The van der Waals surface area contributed by atoms with Crippen LogP contribution in [-0.2, 0) is 0 Å². The molecule has 3 aromatic rings. The van der Waals surface area contributed by atoms with Gasteiger partial charge in [0.2, 0.25) is 5.75 Å². The molecule has 0 aliphatic carbocycles. The van der Waals surface area contributed by atoms with Crippen LogP contribution in [0.2, 0.25) is 0 Å². The lowest BCUT2D eigenvalue weighted by molar-refractivity contribution is 0.104. The number of nitrogens with one attached hydrogen (secondary N) is 1. The van der Waals surface area contributed by atoms with Gasteiger partial charge in [-0.1, -0.05) is 12.2 Å². The zero-order valence-corrected chi connectivity index (χ0v) is 23.7. The van der Waals surface area contributed by atoms with Gasteiger partial charge >= 0.3 is 0 Å². The van der Waals surface area contributed by atoms with Crippen LogP contribution in [0.3, 0.4) is 0 Å². The molecule has 0 aliphatic heterocycles. The molecule has 0 amide bonds. The highest BCUT2D eigenvalue weighted by molar-refractivity contribution is 9.10. The molecule has 0 bridgehead atoms. The molecule has 9 heteroatoms. The maximum absolute atomic E-state index is 12.7. The first kappa shape index (κ1) is 28.5. The Labute approximate surface area is 230 Å². The number of allylic oxidation sites excluding steroid dienone is 1. The van der Waals surface area contributed by atoms with Crippen molar-refractivity contribution in [3.05, 3.63) is 75.9 Å². The minimum absolute atomic E-state index is 0.199. The second-order valence-electron chi connectivity index (χ2n) is 7.79. The van der Waals surface area contributed by atoms with Crippen LogP contribution in [0.5, 0.6) is 34.5 Å². The van der Waals surface area contributed by atoms with Gasteiger partial charge in [0.15, 0.2) is 34.5 Å². The number of hydrogen-bond acceptors (Lipinski definition) is 8. The highest BCUT2D eigenvalue weighted by atomic mass is 79.9. The number of ketones is 1. The number of anilines is 1. The van der Waals surface area contributed by atoms with E-state index in [-0.39, 0.29) is 5.78 Å². The first-order valence-electron chi connectivity index (χ1n) is 11.4. The highest BCUT2D eigenvalue weighted by Crippen LogP contribution is 2.39. The van der Waals surface area contributed by atoms with Gasteiger partial charge in [0, 0.05) is 17.8 Å². The number of hydrogen-bond donors (Lipinski definition) is 1. The number of carbonyl (C=O) groups excluding carboxylic acids is 1. The number of halogens is 1. The quantitative estimate of drug-likeness (QED) is 0.147. The Balaban J connectivity index is 1.84. The molecule has 0 saturated carbocycles. The SMILES string of the molecule is COc1ccc(C(=O)/C=C\Nc2cc(/C=C\c3cc(OC)c(OC)c(OC)c3)cc(Br)c2OC)cc1OC. The van der Waals surface area contributed by atoms with Crippen molar-refractivity contribution in [1.29, 1.82) is 0 Å². The summed E-state index contributed by atoms with van der Waals surface area (Å²) in [7, 11) is 9.36. The van der Waals surface area contributed by atoms with E-state index in [0.717, 1.165) is 15.6 Å². The van der Waals surface area contributed by atoms with Crippen LogP contribution >= 0.6 is 15.9 Å². The predicted octanol–water partition coefficient (Wildman–Crippen LogP) is 6.48. The lowest BCUT2D eigenvalue weighted by Crippen LogP contribution is -2.00. The van der Waals surface area contributed by atoms with Crippen molar-refractivity contribution < 1.29 is 33.2 Å². The van der Waals surface area contributed by atoms with Crippen LogP contribution in [0.1, 0.15) is 21.5 Å². The molecular formula is C29H30BrNO7. The van der Waals surface area contributed by atoms with Crippen LogP contribution in [0.15, 0.2) is 59.2 Å². The number of carbonyl (C=O) groups is 1. The molecule has 0 aliphatic rings. The Bertz CT molecular complexity index is 1330. The molecule has 0 fully saturated rings. The van der Waals surface area contributed by atoms with Gasteiger partial charge in [-0.05, 0) is 69.5 Å². The topological polar surface area (TPSA) is 84.5 Å². The molecule has 0 atom stereocenters. The molecule has 3 aromatic carbocycles. The molecule has 0 unspecified atom stereocenters. The van der Waals surface area contributed by atoms with Crippen molar-refractivity contribution in [2.45, 2.75) is 0 Å². The van der Waals surface area contributed by atoms with Crippen LogP contribution in [0.4, 0.5) is 5.69 Å². The van der Waals surface area contributed by atoms with Crippen LogP contribution in [-0.4, -0.2) is 48.4 Å². The molecule has 0 aromatic heterocycles. The fourth-order valence-corrected chi connectivity index (χ4v) is 4.35. The Hall–Kier alpha value is -4.11. The van der Waals surface area contributed by atoms with Crippen molar-refractivity contribution in [2.24, 2.45) is 0 Å². The van der Waals surface area contributed by atoms with Crippen molar-refractivity contribution in [2.75, 3.05) is 48.0 Å². The molecule has 1 N–H and O–H groups in total. The van der Waals surface area contributed by atoms with Gasteiger partial charge in [-0.3, -0.25) is 4.79 Å². The molecule has 0 spiro atoms. The van der Waals surface area contributed by atoms with Gasteiger partial charge < -0.3 is 33.7 Å². The normalized spacial score (nSPS) is 10.9. The summed E-state index contributed by atoms with van der Waals surface area (Å²) in [5.74, 6) is 3.09. The third kappa shape index (κ3) is 6.60. The highest BCUT2D eigenvalue weighted by Gasteiger charge is 2.13. The number of methoxy groups -OCH3 is 6. The third-order valence-corrected chi connectivity index (χ3v) is 6.16. The maximum atomic E-state index is 12.7. The second kappa shape index (κ2) is 13.4. The summed E-state index contributed by atoms with van der Waals surface area (Å²) in [6, 6.07) is 12.6. The molecule has 3 rings (SSSR count). The van der Waals surface area contributed by atoms with Gasteiger partial charge in [0.25, 0.3) is 0 Å². The Morgan fingerprint density at radius 2 is 1.26 bits per heavy atom. The summed E-state index contributed by atoms with van der Waals surface area (Å²) in [6.45, 7) is 0. The van der Waals surface area contributed by atoms with E-state index in [2.05, 4.69) is 21.2 Å². The molecule has 200 valence electrons. The average molecular weight is 584 g/mol. The fourth-order valence-electron chi connectivity index (χ4n) is 3.71. The summed E-state index contributed by atoms with van der Waals surface area (Å²) in [4.78, 5) is 12.7. The van der Waals surface area contributed by atoms with Gasteiger partial charge in [-0.25, -0.2) is 0 Å². The Morgan fingerprint density at radius 3 is 1.82 bits per heavy atom. The summed E-state index contributed by atoms with van der Waals surface area (Å²) in [5.41, 5.74) is 2.88. The summed E-state index contributed by atoms with van der Waals surface area (Å²) in [5, 5.41) is 3.14.